The first-order valence-corrected chi connectivity index (χ1v) is 5.99. The van der Waals surface area contributed by atoms with E-state index in [1.807, 2.05) is 0 Å². The van der Waals surface area contributed by atoms with Crippen molar-refractivity contribution >= 4 is 0 Å². The lowest BCUT2D eigenvalue weighted by Crippen LogP contribution is -2.23. The van der Waals surface area contributed by atoms with Gasteiger partial charge >= 0.3 is 0 Å². The summed E-state index contributed by atoms with van der Waals surface area (Å²) in [5, 5.41) is 3.40. The van der Waals surface area contributed by atoms with Gasteiger partial charge in [-0.25, -0.2) is 0 Å². The molecule has 0 radical (unpaired) electrons. The average Bonchev–Trinajstić information content (AvgIpc) is 2.15. The molecule has 0 heterocycles. The van der Waals surface area contributed by atoms with Gasteiger partial charge in [0.2, 0.25) is 0 Å². The highest BCUT2D eigenvalue weighted by Gasteiger charge is 1.97. The third-order valence-corrected chi connectivity index (χ3v) is 2.39. The van der Waals surface area contributed by atoms with Crippen molar-refractivity contribution in [2.45, 2.75) is 53.1 Å². The molecule has 0 fully saturated rings. The molecule has 86 valence electrons. The van der Waals surface area contributed by atoms with Crippen LogP contribution in [0.25, 0.3) is 0 Å². The summed E-state index contributed by atoms with van der Waals surface area (Å²) in [4.78, 5) is 0. The summed E-state index contributed by atoms with van der Waals surface area (Å²) in [6, 6.07) is 0. The number of ether oxygens (including phenoxy) is 1. The van der Waals surface area contributed by atoms with E-state index in [0.29, 0.717) is 6.10 Å². The Morgan fingerprint density at radius 1 is 1.14 bits per heavy atom. The normalized spacial score (nSPS) is 13.5. The zero-order valence-corrected chi connectivity index (χ0v) is 10.3. The van der Waals surface area contributed by atoms with Crippen molar-refractivity contribution in [1.29, 1.82) is 0 Å². The molecule has 0 aromatic carbocycles. The van der Waals surface area contributed by atoms with Gasteiger partial charge in [-0.15, -0.1) is 0 Å². The van der Waals surface area contributed by atoms with Gasteiger partial charge in [0, 0.05) is 6.54 Å². The topological polar surface area (TPSA) is 21.3 Å². The van der Waals surface area contributed by atoms with Gasteiger partial charge in [-0.2, -0.15) is 0 Å². The van der Waals surface area contributed by atoms with Crippen LogP contribution in [0.2, 0.25) is 0 Å². The first-order chi connectivity index (χ1) is 6.66. The second-order valence-corrected chi connectivity index (χ2v) is 4.38. The molecular formula is C12H27NO. The molecule has 0 aromatic heterocycles. The Bertz CT molecular complexity index is 115. The van der Waals surface area contributed by atoms with Gasteiger partial charge in [0.1, 0.15) is 0 Å². The Hall–Kier alpha value is -0.0800. The van der Waals surface area contributed by atoms with Gasteiger partial charge in [-0.05, 0) is 38.6 Å². The molecule has 1 unspecified atom stereocenters. The molecule has 0 amide bonds. The summed E-state index contributed by atoms with van der Waals surface area (Å²) < 4.78 is 5.56. The Morgan fingerprint density at radius 2 is 1.86 bits per heavy atom. The number of nitrogens with one attached hydrogen (secondary N) is 1. The van der Waals surface area contributed by atoms with Gasteiger partial charge < -0.3 is 10.1 Å². The predicted octanol–water partition coefficient (Wildman–Crippen LogP) is 2.83. The Balaban J connectivity index is 2.99. The third kappa shape index (κ3) is 10.0. The molecule has 0 aliphatic heterocycles. The van der Waals surface area contributed by atoms with E-state index in [-0.39, 0.29) is 0 Å². The number of rotatable bonds is 9. The van der Waals surface area contributed by atoms with Crippen LogP contribution in [0.15, 0.2) is 0 Å². The van der Waals surface area contributed by atoms with Gasteiger partial charge in [-0.1, -0.05) is 20.8 Å². The Labute approximate surface area is 89.4 Å². The fourth-order valence-corrected chi connectivity index (χ4v) is 1.21. The van der Waals surface area contributed by atoms with E-state index in [1.165, 1.54) is 12.8 Å². The van der Waals surface area contributed by atoms with Crippen LogP contribution in [0.5, 0.6) is 0 Å². The largest absolute Gasteiger partial charge is 0.377 e. The monoisotopic (exact) mass is 201 g/mol. The van der Waals surface area contributed by atoms with Gasteiger partial charge in [-0.3, -0.25) is 0 Å². The molecule has 1 atom stereocenters. The van der Waals surface area contributed by atoms with Crippen molar-refractivity contribution < 1.29 is 4.74 Å². The highest BCUT2D eigenvalue weighted by atomic mass is 16.5. The summed E-state index contributed by atoms with van der Waals surface area (Å²) in [5.74, 6) is 0.827. The van der Waals surface area contributed by atoms with Crippen molar-refractivity contribution in [2.24, 2.45) is 5.92 Å². The molecule has 0 aliphatic carbocycles. The van der Waals surface area contributed by atoms with Gasteiger partial charge in [0.05, 0.1) is 12.7 Å². The molecule has 0 rings (SSSR count). The molecule has 0 bridgehead atoms. The fraction of sp³-hybridized carbons (Fsp3) is 1.00. The maximum Gasteiger partial charge on any atom is 0.0594 e. The van der Waals surface area contributed by atoms with Gasteiger partial charge in [0.15, 0.2) is 0 Å². The van der Waals surface area contributed by atoms with Crippen LogP contribution in [0.1, 0.15) is 47.0 Å². The SMILES string of the molecule is CCC(C)OCCNCCCC(C)C. The summed E-state index contributed by atoms with van der Waals surface area (Å²) in [6.45, 7) is 11.8. The van der Waals surface area contributed by atoms with Crippen molar-refractivity contribution in [3.8, 4) is 0 Å². The fourth-order valence-electron chi connectivity index (χ4n) is 1.21. The molecule has 2 heteroatoms. The minimum atomic E-state index is 0.410. The van der Waals surface area contributed by atoms with Crippen molar-refractivity contribution in [3.63, 3.8) is 0 Å². The third-order valence-electron chi connectivity index (χ3n) is 2.39. The average molecular weight is 201 g/mol. The van der Waals surface area contributed by atoms with E-state index in [1.54, 1.807) is 0 Å². The molecule has 1 N–H and O–H groups in total. The quantitative estimate of drug-likeness (QED) is 0.579. The molecule has 14 heavy (non-hydrogen) atoms. The molecular weight excluding hydrogens is 174 g/mol. The number of hydrogen-bond donors (Lipinski definition) is 1. The zero-order valence-electron chi connectivity index (χ0n) is 10.3. The van der Waals surface area contributed by atoms with Crippen LogP contribution in [-0.4, -0.2) is 25.8 Å². The number of hydrogen-bond acceptors (Lipinski definition) is 2. The van der Waals surface area contributed by atoms with Crippen LogP contribution in [-0.2, 0) is 4.74 Å². The van der Waals surface area contributed by atoms with Gasteiger partial charge in [0.25, 0.3) is 0 Å². The van der Waals surface area contributed by atoms with E-state index >= 15 is 0 Å². The minimum Gasteiger partial charge on any atom is -0.377 e. The maximum atomic E-state index is 5.56. The van der Waals surface area contributed by atoms with E-state index in [4.69, 9.17) is 4.74 Å². The van der Waals surface area contributed by atoms with Crippen LogP contribution in [0.3, 0.4) is 0 Å². The standard InChI is InChI=1S/C12H27NO/c1-5-12(4)14-10-9-13-8-6-7-11(2)3/h11-13H,5-10H2,1-4H3. The molecule has 0 saturated heterocycles. The van der Waals surface area contributed by atoms with Crippen LogP contribution >= 0.6 is 0 Å². The minimum absolute atomic E-state index is 0.410. The van der Waals surface area contributed by atoms with Crippen molar-refractivity contribution in [3.05, 3.63) is 0 Å². The molecule has 0 spiro atoms. The molecule has 0 aromatic rings. The lowest BCUT2D eigenvalue weighted by molar-refractivity contribution is 0.0656. The van der Waals surface area contributed by atoms with E-state index < -0.39 is 0 Å². The van der Waals surface area contributed by atoms with E-state index in [2.05, 4.69) is 33.0 Å². The zero-order chi connectivity index (χ0) is 10.8. The van der Waals surface area contributed by atoms with Crippen molar-refractivity contribution in [1.82, 2.24) is 5.32 Å². The molecule has 0 aliphatic rings. The Kier molecular flexibility index (Phi) is 9.42. The lowest BCUT2D eigenvalue weighted by Gasteiger charge is -2.11. The molecule has 2 nitrogen and oxygen atoms in total. The van der Waals surface area contributed by atoms with E-state index in [9.17, 15) is 0 Å². The van der Waals surface area contributed by atoms with E-state index in [0.717, 1.165) is 32.0 Å². The van der Waals surface area contributed by atoms with Crippen LogP contribution < -0.4 is 5.32 Å². The summed E-state index contributed by atoms with van der Waals surface area (Å²) in [5.41, 5.74) is 0. The summed E-state index contributed by atoms with van der Waals surface area (Å²) in [7, 11) is 0. The Morgan fingerprint density at radius 3 is 2.43 bits per heavy atom. The highest BCUT2D eigenvalue weighted by molar-refractivity contribution is 4.51. The van der Waals surface area contributed by atoms with Crippen LogP contribution in [0.4, 0.5) is 0 Å². The first kappa shape index (κ1) is 13.9. The lowest BCUT2D eigenvalue weighted by atomic mass is 10.1. The smallest absolute Gasteiger partial charge is 0.0594 e. The second kappa shape index (κ2) is 9.47. The highest BCUT2D eigenvalue weighted by Crippen LogP contribution is 2.01. The first-order valence-electron chi connectivity index (χ1n) is 5.99. The van der Waals surface area contributed by atoms with Crippen LogP contribution in [0, 0.1) is 5.92 Å². The summed E-state index contributed by atoms with van der Waals surface area (Å²) in [6.07, 6.45) is 4.11. The van der Waals surface area contributed by atoms with Crippen molar-refractivity contribution in [2.75, 3.05) is 19.7 Å². The maximum absolute atomic E-state index is 5.56. The molecule has 0 saturated carbocycles. The summed E-state index contributed by atoms with van der Waals surface area (Å²) >= 11 is 0. The predicted molar refractivity (Wildman–Crippen MR) is 62.6 cm³/mol. The second-order valence-electron chi connectivity index (χ2n) is 4.38.